The van der Waals surface area contributed by atoms with Crippen LogP contribution < -0.4 is 5.32 Å². The lowest BCUT2D eigenvalue weighted by Crippen LogP contribution is -2.42. The van der Waals surface area contributed by atoms with E-state index >= 15 is 0 Å². The van der Waals surface area contributed by atoms with Gasteiger partial charge in [-0.2, -0.15) is 0 Å². The third-order valence-corrected chi connectivity index (χ3v) is 2.98. The van der Waals surface area contributed by atoms with Crippen molar-refractivity contribution >= 4 is 0 Å². The van der Waals surface area contributed by atoms with Gasteiger partial charge in [0.25, 0.3) is 0 Å². The highest BCUT2D eigenvalue weighted by Crippen LogP contribution is 2.12. The molecular weight excluding hydrogens is 188 g/mol. The number of nitrogens with zero attached hydrogens (tertiary/aromatic N) is 1. The largest absolute Gasteiger partial charge is 0.380 e. The van der Waals surface area contributed by atoms with Gasteiger partial charge in [-0.05, 0) is 25.5 Å². The van der Waals surface area contributed by atoms with Crippen molar-refractivity contribution in [1.29, 1.82) is 0 Å². The number of hydrogen-bond donors (Lipinski definition) is 1. The highest BCUT2D eigenvalue weighted by atomic mass is 16.5. The van der Waals surface area contributed by atoms with Crippen LogP contribution in [0, 0.1) is 0 Å². The Labute approximate surface area is 93.5 Å². The van der Waals surface area contributed by atoms with Crippen LogP contribution in [0.2, 0.25) is 0 Å². The zero-order valence-electron chi connectivity index (χ0n) is 10.3. The average molecular weight is 212 g/mol. The van der Waals surface area contributed by atoms with Crippen molar-refractivity contribution < 1.29 is 4.74 Å². The van der Waals surface area contributed by atoms with Crippen molar-refractivity contribution in [2.24, 2.45) is 0 Å². The van der Waals surface area contributed by atoms with Crippen molar-refractivity contribution in [3.63, 3.8) is 0 Å². The van der Waals surface area contributed by atoms with Gasteiger partial charge < -0.3 is 10.1 Å². The zero-order valence-corrected chi connectivity index (χ0v) is 10.3. The molecule has 1 N–H and O–H groups in total. The van der Waals surface area contributed by atoms with E-state index in [4.69, 9.17) is 4.74 Å². The molecule has 0 aromatic heterocycles. The number of methoxy groups -OCH3 is 1. The van der Waals surface area contributed by atoms with Crippen molar-refractivity contribution in [3.05, 3.63) is 11.6 Å². The molecule has 0 bridgehead atoms. The number of ether oxygens (including phenoxy) is 1. The molecular formula is C12H24N2O. The first kappa shape index (κ1) is 12.7. The summed E-state index contributed by atoms with van der Waals surface area (Å²) >= 11 is 0. The fourth-order valence-corrected chi connectivity index (χ4v) is 1.93. The Morgan fingerprint density at radius 2 is 2.40 bits per heavy atom. The molecule has 1 atom stereocenters. The molecule has 0 fully saturated rings. The van der Waals surface area contributed by atoms with Gasteiger partial charge in [-0.3, -0.25) is 4.90 Å². The van der Waals surface area contributed by atoms with E-state index in [0.29, 0.717) is 6.04 Å². The van der Waals surface area contributed by atoms with Gasteiger partial charge in [0.1, 0.15) is 0 Å². The standard InChI is InChI=1S/C12H24N2O/c1-4-13-9-11(2)14-7-5-12(6-8-14)10-15-3/h5,11,13H,4,6-10H2,1-3H3. The first-order valence-corrected chi connectivity index (χ1v) is 5.89. The maximum Gasteiger partial charge on any atom is 0.0673 e. The van der Waals surface area contributed by atoms with Crippen molar-refractivity contribution in [2.45, 2.75) is 26.3 Å². The van der Waals surface area contributed by atoms with Crippen LogP contribution in [-0.4, -0.2) is 50.8 Å². The minimum absolute atomic E-state index is 0.630. The van der Waals surface area contributed by atoms with Crippen LogP contribution in [0.4, 0.5) is 0 Å². The number of nitrogens with one attached hydrogen (secondary N) is 1. The Hall–Kier alpha value is -0.380. The van der Waals surface area contributed by atoms with Crippen molar-refractivity contribution in [2.75, 3.05) is 39.9 Å². The van der Waals surface area contributed by atoms with Gasteiger partial charge in [0.2, 0.25) is 0 Å². The third-order valence-electron chi connectivity index (χ3n) is 2.98. The molecule has 0 spiro atoms. The molecule has 0 aromatic rings. The van der Waals surface area contributed by atoms with Gasteiger partial charge in [-0.1, -0.05) is 13.0 Å². The highest BCUT2D eigenvalue weighted by Gasteiger charge is 2.16. The van der Waals surface area contributed by atoms with E-state index in [1.165, 1.54) is 12.1 Å². The van der Waals surface area contributed by atoms with Crippen LogP contribution in [0.25, 0.3) is 0 Å². The summed E-state index contributed by atoms with van der Waals surface area (Å²) in [5.41, 5.74) is 1.45. The Bertz CT molecular complexity index is 204. The van der Waals surface area contributed by atoms with Crippen LogP contribution >= 0.6 is 0 Å². The highest BCUT2D eigenvalue weighted by molar-refractivity contribution is 5.08. The summed E-state index contributed by atoms with van der Waals surface area (Å²) in [6.45, 7) is 9.63. The lowest BCUT2D eigenvalue weighted by atomic mass is 10.1. The Morgan fingerprint density at radius 1 is 1.60 bits per heavy atom. The van der Waals surface area contributed by atoms with E-state index in [9.17, 15) is 0 Å². The number of likely N-dealkylation sites (N-methyl/N-ethyl adjacent to an activating group) is 1. The van der Waals surface area contributed by atoms with Gasteiger partial charge in [0.05, 0.1) is 6.61 Å². The van der Waals surface area contributed by atoms with E-state index < -0.39 is 0 Å². The maximum atomic E-state index is 5.14. The molecule has 3 nitrogen and oxygen atoms in total. The summed E-state index contributed by atoms with van der Waals surface area (Å²) < 4.78 is 5.14. The van der Waals surface area contributed by atoms with E-state index in [2.05, 4.69) is 30.1 Å². The minimum atomic E-state index is 0.630. The minimum Gasteiger partial charge on any atom is -0.380 e. The summed E-state index contributed by atoms with van der Waals surface area (Å²) in [5, 5.41) is 3.39. The van der Waals surface area contributed by atoms with E-state index in [1.807, 2.05) is 0 Å². The zero-order chi connectivity index (χ0) is 11.1. The second-order valence-corrected chi connectivity index (χ2v) is 4.20. The molecule has 0 saturated heterocycles. The summed E-state index contributed by atoms with van der Waals surface area (Å²) in [6, 6.07) is 0.630. The molecule has 1 rings (SSSR count). The predicted octanol–water partition coefficient (Wildman–Crippen LogP) is 1.26. The second-order valence-electron chi connectivity index (χ2n) is 4.20. The Kier molecular flexibility index (Phi) is 5.91. The second kappa shape index (κ2) is 6.99. The molecule has 1 heterocycles. The molecule has 15 heavy (non-hydrogen) atoms. The van der Waals surface area contributed by atoms with Gasteiger partial charge >= 0.3 is 0 Å². The van der Waals surface area contributed by atoms with Crippen LogP contribution in [0.3, 0.4) is 0 Å². The average Bonchev–Trinajstić information content (AvgIpc) is 2.27. The van der Waals surface area contributed by atoms with Gasteiger partial charge in [0, 0.05) is 32.8 Å². The van der Waals surface area contributed by atoms with E-state index in [1.54, 1.807) is 7.11 Å². The van der Waals surface area contributed by atoms with E-state index in [0.717, 1.165) is 32.7 Å². The molecule has 1 aliphatic heterocycles. The molecule has 0 amide bonds. The molecule has 1 unspecified atom stereocenters. The summed E-state index contributed by atoms with van der Waals surface area (Å²) in [7, 11) is 1.76. The number of rotatable bonds is 6. The fourth-order valence-electron chi connectivity index (χ4n) is 1.93. The topological polar surface area (TPSA) is 24.5 Å². The molecule has 3 heteroatoms. The van der Waals surface area contributed by atoms with Gasteiger partial charge in [0.15, 0.2) is 0 Å². The van der Waals surface area contributed by atoms with Crippen molar-refractivity contribution in [3.8, 4) is 0 Å². The Balaban J connectivity index is 2.29. The van der Waals surface area contributed by atoms with Crippen LogP contribution in [0.5, 0.6) is 0 Å². The Morgan fingerprint density at radius 3 is 2.93 bits per heavy atom. The molecule has 1 aliphatic rings. The molecule has 0 aromatic carbocycles. The van der Waals surface area contributed by atoms with Gasteiger partial charge in [-0.15, -0.1) is 0 Å². The van der Waals surface area contributed by atoms with Crippen molar-refractivity contribution in [1.82, 2.24) is 10.2 Å². The first-order chi connectivity index (χ1) is 7.27. The quantitative estimate of drug-likeness (QED) is 0.671. The maximum absolute atomic E-state index is 5.14. The molecule has 0 saturated carbocycles. The first-order valence-electron chi connectivity index (χ1n) is 5.89. The predicted molar refractivity (Wildman–Crippen MR) is 64.2 cm³/mol. The molecule has 0 radical (unpaired) electrons. The normalized spacial score (nSPS) is 20.1. The van der Waals surface area contributed by atoms with E-state index in [-0.39, 0.29) is 0 Å². The molecule has 88 valence electrons. The summed E-state index contributed by atoms with van der Waals surface area (Å²) in [4.78, 5) is 2.52. The summed E-state index contributed by atoms with van der Waals surface area (Å²) in [5.74, 6) is 0. The van der Waals surface area contributed by atoms with Crippen LogP contribution in [-0.2, 0) is 4.74 Å². The summed E-state index contributed by atoms with van der Waals surface area (Å²) in [6.07, 6.45) is 3.47. The number of hydrogen-bond acceptors (Lipinski definition) is 3. The van der Waals surface area contributed by atoms with Crippen LogP contribution in [0.15, 0.2) is 11.6 Å². The molecule has 0 aliphatic carbocycles. The third kappa shape index (κ3) is 4.33. The fraction of sp³-hybridized carbons (Fsp3) is 0.833. The monoisotopic (exact) mass is 212 g/mol. The van der Waals surface area contributed by atoms with Crippen LogP contribution in [0.1, 0.15) is 20.3 Å². The lowest BCUT2D eigenvalue weighted by Gasteiger charge is -2.31. The van der Waals surface area contributed by atoms with Gasteiger partial charge in [-0.25, -0.2) is 0 Å². The lowest BCUT2D eigenvalue weighted by molar-refractivity contribution is 0.193. The SMILES string of the molecule is CCNCC(C)N1CC=C(COC)CC1. The smallest absolute Gasteiger partial charge is 0.0673 e.